The van der Waals surface area contributed by atoms with E-state index in [2.05, 4.69) is 25.8 Å². The first-order valence-corrected chi connectivity index (χ1v) is 5.42. The molecule has 0 aromatic carbocycles. The van der Waals surface area contributed by atoms with Crippen molar-refractivity contribution in [3.63, 3.8) is 0 Å². The number of rotatable bonds is 2. The molecule has 0 spiro atoms. The van der Waals surface area contributed by atoms with Crippen LogP contribution in [0.3, 0.4) is 0 Å². The maximum Gasteiger partial charge on any atom is 0.197 e. The van der Waals surface area contributed by atoms with Gasteiger partial charge in [-0.3, -0.25) is 0 Å². The van der Waals surface area contributed by atoms with E-state index >= 15 is 0 Å². The molecule has 1 aliphatic rings. The first-order chi connectivity index (χ1) is 6.46. The Kier molecular flexibility index (Phi) is 2.17. The molecule has 0 atom stereocenters. The minimum Gasteiger partial charge on any atom is -0.445 e. The van der Waals surface area contributed by atoms with Gasteiger partial charge in [0.05, 0.1) is 5.69 Å². The summed E-state index contributed by atoms with van der Waals surface area (Å²) >= 11 is 0. The summed E-state index contributed by atoms with van der Waals surface area (Å²) in [6.45, 7) is 8.73. The highest BCUT2D eigenvalue weighted by Crippen LogP contribution is 2.40. The Morgan fingerprint density at radius 2 is 2.00 bits per heavy atom. The molecule has 0 N–H and O–H groups in total. The topological polar surface area (TPSA) is 26.0 Å². The lowest BCUT2D eigenvalue weighted by Gasteiger charge is -2.15. The molecule has 1 fully saturated rings. The van der Waals surface area contributed by atoms with Crippen molar-refractivity contribution in [2.24, 2.45) is 5.41 Å². The standard InChI is InChI=1S/C12H19NO/c1-8-10(7-12(2,3)4)13-11(14-8)9-5-6-9/h9H,5-7H2,1-4H3. The van der Waals surface area contributed by atoms with Crippen molar-refractivity contribution in [2.75, 3.05) is 0 Å². The molecule has 2 rings (SSSR count). The fourth-order valence-corrected chi connectivity index (χ4v) is 1.62. The van der Waals surface area contributed by atoms with Crippen LogP contribution in [0, 0.1) is 12.3 Å². The molecule has 1 aromatic heterocycles. The fourth-order valence-electron chi connectivity index (χ4n) is 1.62. The van der Waals surface area contributed by atoms with Gasteiger partial charge in [0, 0.05) is 5.92 Å². The highest BCUT2D eigenvalue weighted by Gasteiger charge is 2.30. The molecule has 0 radical (unpaired) electrons. The summed E-state index contributed by atoms with van der Waals surface area (Å²) in [5.41, 5.74) is 1.45. The van der Waals surface area contributed by atoms with Gasteiger partial charge in [0.15, 0.2) is 5.89 Å². The molecule has 0 saturated heterocycles. The quantitative estimate of drug-likeness (QED) is 0.719. The van der Waals surface area contributed by atoms with Gasteiger partial charge in [0.1, 0.15) is 5.76 Å². The number of oxazole rings is 1. The molecule has 1 saturated carbocycles. The minimum absolute atomic E-state index is 0.294. The summed E-state index contributed by atoms with van der Waals surface area (Å²) in [4.78, 5) is 4.59. The lowest BCUT2D eigenvalue weighted by atomic mass is 9.90. The van der Waals surface area contributed by atoms with Gasteiger partial charge in [-0.2, -0.15) is 0 Å². The van der Waals surface area contributed by atoms with Crippen molar-refractivity contribution in [3.8, 4) is 0 Å². The normalized spacial score (nSPS) is 17.4. The van der Waals surface area contributed by atoms with Gasteiger partial charge in [0.2, 0.25) is 0 Å². The molecule has 78 valence electrons. The monoisotopic (exact) mass is 193 g/mol. The van der Waals surface area contributed by atoms with Crippen molar-refractivity contribution in [1.29, 1.82) is 0 Å². The largest absolute Gasteiger partial charge is 0.445 e. The number of aromatic nitrogens is 1. The van der Waals surface area contributed by atoms with Crippen LogP contribution in [0.5, 0.6) is 0 Å². The van der Waals surface area contributed by atoms with Crippen LogP contribution in [-0.2, 0) is 6.42 Å². The number of aryl methyl sites for hydroxylation is 1. The summed E-state index contributed by atoms with van der Waals surface area (Å²) in [6, 6.07) is 0. The minimum atomic E-state index is 0.294. The first kappa shape index (κ1) is 9.75. The first-order valence-electron chi connectivity index (χ1n) is 5.42. The second-order valence-corrected chi connectivity index (χ2v) is 5.57. The molecule has 0 aliphatic heterocycles. The van der Waals surface area contributed by atoms with Gasteiger partial charge >= 0.3 is 0 Å². The van der Waals surface area contributed by atoms with E-state index in [-0.39, 0.29) is 0 Å². The van der Waals surface area contributed by atoms with Crippen molar-refractivity contribution in [1.82, 2.24) is 4.98 Å². The third-order valence-corrected chi connectivity index (χ3v) is 2.53. The Morgan fingerprint density at radius 3 is 2.50 bits per heavy atom. The molecule has 2 nitrogen and oxygen atoms in total. The predicted octanol–water partition coefficient (Wildman–Crippen LogP) is 3.45. The molecule has 14 heavy (non-hydrogen) atoms. The number of nitrogens with zero attached hydrogens (tertiary/aromatic N) is 1. The highest BCUT2D eigenvalue weighted by molar-refractivity contribution is 5.14. The molecular weight excluding hydrogens is 174 g/mol. The van der Waals surface area contributed by atoms with Crippen LogP contribution in [0.25, 0.3) is 0 Å². The molecule has 1 aromatic rings. The third-order valence-electron chi connectivity index (χ3n) is 2.53. The van der Waals surface area contributed by atoms with E-state index in [1.807, 2.05) is 6.92 Å². The number of hydrogen-bond donors (Lipinski definition) is 0. The van der Waals surface area contributed by atoms with Gasteiger partial charge in [-0.25, -0.2) is 4.98 Å². The van der Waals surface area contributed by atoms with E-state index in [1.54, 1.807) is 0 Å². The average Bonchev–Trinajstić information content (AvgIpc) is 2.77. The zero-order valence-electron chi connectivity index (χ0n) is 9.55. The molecule has 1 heterocycles. The fraction of sp³-hybridized carbons (Fsp3) is 0.750. The van der Waals surface area contributed by atoms with Gasteiger partial charge in [0.25, 0.3) is 0 Å². The second-order valence-electron chi connectivity index (χ2n) is 5.57. The summed E-state index contributed by atoms with van der Waals surface area (Å²) in [5, 5.41) is 0. The Morgan fingerprint density at radius 1 is 1.36 bits per heavy atom. The SMILES string of the molecule is Cc1oc(C2CC2)nc1CC(C)(C)C. The summed E-state index contributed by atoms with van der Waals surface area (Å²) in [6.07, 6.45) is 3.53. The molecule has 0 amide bonds. The predicted molar refractivity (Wildman–Crippen MR) is 56.4 cm³/mol. The van der Waals surface area contributed by atoms with Crippen LogP contribution in [0.4, 0.5) is 0 Å². The van der Waals surface area contributed by atoms with Crippen LogP contribution in [0.1, 0.15) is 56.9 Å². The number of hydrogen-bond acceptors (Lipinski definition) is 2. The molecular formula is C12H19NO. The van der Waals surface area contributed by atoms with E-state index in [0.29, 0.717) is 11.3 Å². The van der Waals surface area contributed by atoms with Crippen molar-refractivity contribution >= 4 is 0 Å². The van der Waals surface area contributed by atoms with Gasteiger partial charge in [-0.05, 0) is 31.6 Å². The van der Waals surface area contributed by atoms with E-state index in [1.165, 1.54) is 12.8 Å². The van der Waals surface area contributed by atoms with E-state index < -0.39 is 0 Å². The Balaban J connectivity index is 2.16. The molecule has 0 bridgehead atoms. The van der Waals surface area contributed by atoms with E-state index in [0.717, 1.165) is 23.8 Å². The molecule has 2 heteroatoms. The van der Waals surface area contributed by atoms with Crippen LogP contribution in [0.2, 0.25) is 0 Å². The van der Waals surface area contributed by atoms with Crippen LogP contribution in [-0.4, -0.2) is 4.98 Å². The third kappa shape index (κ3) is 2.17. The maximum atomic E-state index is 5.67. The average molecular weight is 193 g/mol. The van der Waals surface area contributed by atoms with Gasteiger partial charge < -0.3 is 4.42 Å². The smallest absolute Gasteiger partial charge is 0.197 e. The highest BCUT2D eigenvalue weighted by atomic mass is 16.4. The van der Waals surface area contributed by atoms with Crippen LogP contribution in [0.15, 0.2) is 4.42 Å². The van der Waals surface area contributed by atoms with Crippen LogP contribution >= 0.6 is 0 Å². The Hall–Kier alpha value is -0.790. The molecule has 0 unspecified atom stereocenters. The Labute approximate surface area is 85.7 Å². The van der Waals surface area contributed by atoms with Crippen molar-refractivity contribution in [2.45, 2.75) is 52.9 Å². The van der Waals surface area contributed by atoms with Gasteiger partial charge in [-0.15, -0.1) is 0 Å². The van der Waals surface area contributed by atoms with Crippen molar-refractivity contribution in [3.05, 3.63) is 17.3 Å². The van der Waals surface area contributed by atoms with Crippen LogP contribution < -0.4 is 0 Å². The summed E-state index contributed by atoms with van der Waals surface area (Å²) in [7, 11) is 0. The lowest BCUT2D eigenvalue weighted by Crippen LogP contribution is -2.10. The maximum absolute atomic E-state index is 5.67. The zero-order valence-corrected chi connectivity index (χ0v) is 9.55. The van der Waals surface area contributed by atoms with E-state index in [9.17, 15) is 0 Å². The second kappa shape index (κ2) is 3.11. The summed E-state index contributed by atoms with van der Waals surface area (Å²) < 4.78 is 5.67. The van der Waals surface area contributed by atoms with Crippen molar-refractivity contribution < 1.29 is 4.42 Å². The zero-order chi connectivity index (χ0) is 10.3. The lowest BCUT2D eigenvalue weighted by molar-refractivity contribution is 0.402. The van der Waals surface area contributed by atoms with E-state index in [4.69, 9.17) is 4.42 Å². The summed E-state index contributed by atoms with van der Waals surface area (Å²) in [5.74, 6) is 2.62. The molecule has 1 aliphatic carbocycles. The van der Waals surface area contributed by atoms with Gasteiger partial charge in [-0.1, -0.05) is 20.8 Å². The Bertz CT molecular complexity index is 329.